The van der Waals surface area contributed by atoms with Gasteiger partial charge in [-0.05, 0) is 24.3 Å². The minimum Gasteiger partial charge on any atom is -0.454 e. The summed E-state index contributed by atoms with van der Waals surface area (Å²) in [7, 11) is 0. The Morgan fingerprint density at radius 1 is 1.17 bits per heavy atom. The van der Waals surface area contributed by atoms with Crippen LogP contribution < -0.4 is 14.2 Å². The van der Waals surface area contributed by atoms with Crippen LogP contribution >= 0.6 is 11.8 Å². The second kappa shape index (κ2) is 6.57. The first kappa shape index (κ1) is 15.2. The SMILES string of the molecule is O=C(CSc1ccc([N+](=O)[O-])cc1)Oc1ccc2c(c1)OCO2. The molecule has 0 saturated heterocycles. The minimum absolute atomic E-state index is 0.0114. The summed E-state index contributed by atoms with van der Waals surface area (Å²) in [6.07, 6.45) is 0. The van der Waals surface area contributed by atoms with Gasteiger partial charge in [-0.1, -0.05) is 0 Å². The highest BCUT2D eigenvalue weighted by Gasteiger charge is 2.15. The van der Waals surface area contributed by atoms with E-state index in [1.165, 1.54) is 23.9 Å². The van der Waals surface area contributed by atoms with Gasteiger partial charge in [0.15, 0.2) is 11.5 Å². The van der Waals surface area contributed by atoms with E-state index in [4.69, 9.17) is 14.2 Å². The summed E-state index contributed by atoms with van der Waals surface area (Å²) in [6, 6.07) is 10.9. The number of nitrogens with zero attached hydrogens (tertiary/aromatic N) is 1. The fourth-order valence-corrected chi connectivity index (χ4v) is 2.58. The van der Waals surface area contributed by atoms with Gasteiger partial charge in [0.2, 0.25) is 6.79 Å². The second-order valence-electron chi connectivity index (χ2n) is 4.53. The molecule has 0 atom stereocenters. The van der Waals surface area contributed by atoms with E-state index in [0.717, 1.165) is 4.90 Å². The first-order valence-corrected chi connectivity index (χ1v) is 7.58. The molecule has 0 N–H and O–H groups in total. The quantitative estimate of drug-likeness (QED) is 0.273. The molecule has 1 heterocycles. The summed E-state index contributed by atoms with van der Waals surface area (Å²) in [5.74, 6) is 1.20. The molecule has 0 bridgehead atoms. The Morgan fingerprint density at radius 2 is 1.91 bits per heavy atom. The van der Waals surface area contributed by atoms with Gasteiger partial charge in [-0.25, -0.2) is 0 Å². The number of nitro benzene ring substituents is 1. The average molecular weight is 333 g/mol. The average Bonchev–Trinajstić information content (AvgIpc) is 3.01. The number of carbonyl (C=O) groups is 1. The third-order valence-corrected chi connectivity index (χ3v) is 3.97. The molecule has 2 aromatic carbocycles. The van der Waals surface area contributed by atoms with Gasteiger partial charge in [0.25, 0.3) is 5.69 Å². The first-order valence-electron chi connectivity index (χ1n) is 6.59. The lowest BCUT2D eigenvalue weighted by Crippen LogP contribution is -2.10. The zero-order chi connectivity index (χ0) is 16.2. The number of non-ortho nitro benzene ring substituents is 1. The summed E-state index contributed by atoms with van der Waals surface area (Å²) >= 11 is 1.24. The number of ether oxygens (including phenoxy) is 3. The van der Waals surface area contributed by atoms with Gasteiger partial charge in [0, 0.05) is 23.1 Å². The van der Waals surface area contributed by atoms with Crippen molar-refractivity contribution in [3.63, 3.8) is 0 Å². The summed E-state index contributed by atoms with van der Waals surface area (Å²) < 4.78 is 15.6. The predicted molar refractivity (Wildman–Crippen MR) is 82.0 cm³/mol. The Hall–Kier alpha value is -2.74. The molecule has 7 nitrogen and oxygen atoms in total. The van der Waals surface area contributed by atoms with Crippen LogP contribution in [0.5, 0.6) is 17.2 Å². The largest absolute Gasteiger partial charge is 0.454 e. The van der Waals surface area contributed by atoms with E-state index in [1.54, 1.807) is 30.3 Å². The molecule has 2 aromatic rings. The smallest absolute Gasteiger partial charge is 0.321 e. The van der Waals surface area contributed by atoms with Crippen molar-refractivity contribution in [3.05, 3.63) is 52.6 Å². The molecule has 0 unspecified atom stereocenters. The first-order chi connectivity index (χ1) is 11.1. The van der Waals surface area contributed by atoms with Gasteiger partial charge in [-0.2, -0.15) is 0 Å². The molecule has 0 amide bonds. The maximum Gasteiger partial charge on any atom is 0.321 e. The van der Waals surface area contributed by atoms with Crippen molar-refractivity contribution >= 4 is 23.4 Å². The lowest BCUT2D eigenvalue weighted by Gasteiger charge is -2.05. The standard InChI is InChI=1S/C15H11NO6S/c17-15(8-23-12-4-1-10(2-5-12)16(18)19)22-11-3-6-13-14(7-11)21-9-20-13/h1-7H,8-9H2. The number of nitro groups is 1. The molecular weight excluding hydrogens is 322 g/mol. The highest BCUT2D eigenvalue weighted by molar-refractivity contribution is 8.00. The van der Waals surface area contributed by atoms with E-state index in [1.807, 2.05) is 0 Å². The molecule has 8 heteroatoms. The van der Waals surface area contributed by atoms with Crippen LogP contribution in [-0.2, 0) is 4.79 Å². The molecule has 0 aromatic heterocycles. The molecule has 118 valence electrons. The van der Waals surface area contributed by atoms with Crippen LogP contribution in [0.3, 0.4) is 0 Å². The topological polar surface area (TPSA) is 87.9 Å². The maximum atomic E-state index is 11.8. The van der Waals surface area contributed by atoms with Gasteiger partial charge in [0.05, 0.1) is 10.7 Å². The summed E-state index contributed by atoms with van der Waals surface area (Å²) in [6.45, 7) is 0.155. The second-order valence-corrected chi connectivity index (χ2v) is 5.58. The van der Waals surface area contributed by atoms with Crippen LogP contribution in [0.1, 0.15) is 0 Å². The monoisotopic (exact) mass is 333 g/mol. The Labute approximate surface area is 135 Å². The van der Waals surface area contributed by atoms with Crippen molar-refractivity contribution in [1.29, 1.82) is 0 Å². The summed E-state index contributed by atoms with van der Waals surface area (Å²) in [5, 5.41) is 10.6. The summed E-state index contributed by atoms with van der Waals surface area (Å²) in [5.41, 5.74) is 0.0114. The van der Waals surface area contributed by atoms with Gasteiger partial charge in [-0.3, -0.25) is 14.9 Å². The molecule has 0 fully saturated rings. The lowest BCUT2D eigenvalue weighted by atomic mass is 10.3. The van der Waals surface area contributed by atoms with Crippen LogP contribution in [0.25, 0.3) is 0 Å². The molecule has 23 heavy (non-hydrogen) atoms. The number of esters is 1. The van der Waals surface area contributed by atoms with Crippen LogP contribution in [0.15, 0.2) is 47.4 Å². The number of rotatable bonds is 5. The number of hydrogen-bond acceptors (Lipinski definition) is 7. The van der Waals surface area contributed by atoms with Gasteiger partial charge in [-0.15, -0.1) is 11.8 Å². The molecule has 3 rings (SSSR count). The highest BCUT2D eigenvalue weighted by atomic mass is 32.2. The Morgan fingerprint density at radius 3 is 2.65 bits per heavy atom. The van der Waals surface area contributed by atoms with Crippen LogP contribution in [0, 0.1) is 10.1 Å². The fourth-order valence-electron chi connectivity index (χ4n) is 1.91. The zero-order valence-corrected chi connectivity index (χ0v) is 12.6. The van der Waals surface area contributed by atoms with Gasteiger partial charge in [0.1, 0.15) is 5.75 Å². The maximum absolute atomic E-state index is 11.8. The van der Waals surface area contributed by atoms with E-state index in [2.05, 4.69) is 0 Å². The van der Waals surface area contributed by atoms with Gasteiger partial charge < -0.3 is 14.2 Å². The van der Waals surface area contributed by atoms with Gasteiger partial charge >= 0.3 is 5.97 Å². The molecule has 0 radical (unpaired) electrons. The van der Waals surface area contributed by atoms with Crippen molar-refractivity contribution < 1.29 is 23.9 Å². The normalized spacial score (nSPS) is 12.0. The van der Waals surface area contributed by atoms with Crippen LogP contribution in [0.2, 0.25) is 0 Å². The van der Waals surface area contributed by atoms with Crippen LogP contribution in [0.4, 0.5) is 5.69 Å². The molecule has 1 aliphatic rings. The van der Waals surface area contributed by atoms with Crippen molar-refractivity contribution in [2.75, 3.05) is 12.5 Å². The highest BCUT2D eigenvalue weighted by Crippen LogP contribution is 2.35. The molecule has 0 saturated carbocycles. The fraction of sp³-hybridized carbons (Fsp3) is 0.133. The zero-order valence-electron chi connectivity index (χ0n) is 11.8. The number of fused-ring (bicyclic) bond motifs is 1. The Bertz CT molecular complexity index is 746. The van der Waals surface area contributed by atoms with E-state index in [0.29, 0.717) is 17.2 Å². The predicted octanol–water partition coefficient (Wildman–Crippen LogP) is 3.02. The number of benzene rings is 2. The number of hydrogen-bond donors (Lipinski definition) is 0. The van der Waals surface area contributed by atoms with Crippen molar-refractivity contribution in [2.45, 2.75) is 4.90 Å². The van der Waals surface area contributed by atoms with E-state index in [-0.39, 0.29) is 18.2 Å². The third-order valence-electron chi connectivity index (χ3n) is 2.98. The van der Waals surface area contributed by atoms with E-state index < -0.39 is 10.9 Å². The minimum atomic E-state index is -0.470. The van der Waals surface area contributed by atoms with E-state index >= 15 is 0 Å². The van der Waals surface area contributed by atoms with Crippen molar-refractivity contribution in [3.8, 4) is 17.2 Å². The van der Waals surface area contributed by atoms with E-state index in [9.17, 15) is 14.9 Å². The molecular formula is C15H11NO6S. The molecule has 1 aliphatic heterocycles. The Kier molecular flexibility index (Phi) is 4.33. The summed E-state index contributed by atoms with van der Waals surface area (Å²) in [4.78, 5) is 22.7. The Balaban J connectivity index is 1.54. The molecule has 0 aliphatic carbocycles. The number of carbonyl (C=O) groups excluding carboxylic acids is 1. The van der Waals surface area contributed by atoms with Crippen molar-refractivity contribution in [1.82, 2.24) is 0 Å². The van der Waals surface area contributed by atoms with Crippen LogP contribution in [-0.4, -0.2) is 23.4 Å². The molecule has 0 spiro atoms. The number of thioether (sulfide) groups is 1. The van der Waals surface area contributed by atoms with Crippen molar-refractivity contribution in [2.24, 2.45) is 0 Å². The lowest BCUT2D eigenvalue weighted by molar-refractivity contribution is -0.384. The third kappa shape index (κ3) is 3.72.